The minimum atomic E-state index is -0.0937. The molecule has 3 aromatic heterocycles. The molecule has 7 nitrogen and oxygen atoms in total. The Bertz CT molecular complexity index is 796. The third kappa shape index (κ3) is 2.65. The fourth-order valence-corrected chi connectivity index (χ4v) is 2.31. The number of aromatic amines is 1. The van der Waals surface area contributed by atoms with Crippen LogP contribution in [-0.2, 0) is 20.6 Å². The van der Waals surface area contributed by atoms with E-state index >= 15 is 0 Å². The number of nitrogens with one attached hydrogen (secondary N) is 1. The fraction of sp³-hybridized carbons (Fsp3) is 0.267. The molecule has 22 heavy (non-hydrogen) atoms. The highest BCUT2D eigenvalue weighted by atomic mass is 16.2. The van der Waals surface area contributed by atoms with Crippen molar-refractivity contribution < 1.29 is 4.79 Å². The normalized spacial score (nSPS) is 10.9. The van der Waals surface area contributed by atoms with Gasteiger partial charge < -0.3 is 9.47 Å². The number of carbonyl (C=O) groups excluding carboxylic acids is 1. The summed E-state index contributed by atoms with van der Waals surface area (Å²) >= 11 is 0. The Balaban J connectivity index is 1.75. The van der Waals surface area contributed by atoms with Crippen LogP contribution in [0.4, 0.5) is 0 Å². The molecular weight excluding hydrogens is 280 g/mol. The highest BCUT2D eigenvalue weighted by Gasteiger charge is 2.16. The summed E-state index contributed by atoms with van der Waals surface area (Å²) in [5, 5.41) is 11.1. The molecule has 0 spiro atoms. The molecule has 0 aliphatic rings. The lowest BCUT2D eigenvalue weighted by Crippen LogP contribution is -2.27. The lowest BCUT2D eigenvalue weighted by atomic mass is 10.2. The van der Waals surface area contributed by atoms with Crippen LogP contribution in [0.3, 0.4) is 0 Å². The van der Waals surface area contributed by atoms with E-state index in [0.29, 0.717) is 17.9 Å². The van der Waals surface area contributed by atoms with E-state index in [1.165, 1.54) is 0 Å². The second-order valence-corrected chi connectivity index (χ2v) is 5.34. The van der Waals surface area contributed by atoms with Gasteiger partial charge in [-0.25, -0.2) is 0 Å². The van der Waals surface area contributed by atoms with Gasteiger partial charge in [-0.3, -0.25) is 14.6 Å². The van der Waals surface area contributed by atoms with Gasteiger partial charge in [-0.05, 0) is 18.2 Å². The van der Waals surface area contributed by atoms with Crippen molar-refractivity contribution >= 4 is 5.91 Å². The maximum atomic E-state index is 12.5. The Labute approximate surface area is 128 Å². The quantitative estimate of drug-likeness (QED) is 0.792. The SMILES string of the molecule is CN(Cc1cccn1C)C(=O)c1cc(-c2cnn(C)c2)n[nH]1. The van der Waals surface area contributed by atoms with E-state index in [0.717, 1.165) is 11.3 Å². The average molecular weight is 298 g/mol. The fourth-order valence-electron chi connectivity index (χ4n) is 2.31. The molecule has 0 fully saturated rings. The summed E-state index contributed by atoms with van der Waals surface area (Å²) in [5.74, 6) is -0.0937. The minimum Gasteiger partial charge on any atom is -0.353 e. The zero-order valence-corrected chi connectivity index (χ0v) is 12.8. The van der Waals surface area contributed by atoms with Gasteiger partial charge in [-0.15, -0.1) is 0 Å². The van der Waals surface area contributed by atoms with E-state index in [1.54, 1.807) is 28.9 Å². The molecule has 0 saturated heterocycles. The van der Waals surface area contributed by atoms with Crippen LogP contribution in [0.5, 0.6) is 0 Å². The summed E-state index contributed by atoms with van der Waals surface area (Å²) in [6, 6.07) is 5.71. The van der Waals surface area contributed by atoms with Gasteiger partial charge in [0.05, 0.1) is 18.4 Å². The molecule has 0 saturated carbocycles. The first-order valence-corrected chi connectivity index (χ1v) is 6.94. The Hall–Kier alpha value is -2.83. The molecule has 1 N–H and O–H groups in total. The topological polar surface area (TPSA) is 71.7 Å². The van der Waals surface area contributed by atoms with Crippen molar-refractivity contribution in [2.75, 3.05) is 7.05 Å². The Morgan fingerprint density at radius 3 is 2.86 bits per heavy atom. The second-order valence-electron chi connectivity index (χ2n) is 5.34. The van der Waals surface area contributed by atoms with Crippen LogP contribution < -0.4 is 0 Å². The second kappa shape index (κ2) is 5.51. The van der Waals surface area contributed by atoms with Crippen LogP contribution >= 0.6 is 0 Å². The molecule has 3 rings (SSSR count). The number of hydrogen-bond donors (Lipinski definition) is 1. The van der Waals surface area contributed by atoms with E-state index in [2.05, 4.69) is 15.3 Å². The number of aromatic nitrogens is 5. The van der Waals surface area contributed by atoms with Crippen LogP contribution in [0.2, 0.25) is 0 Å². The molecule has 0 radical (unpaired) electrons. The Morgan fingerprint density at radius 1 is 1.41 bits per heavy atom. The van der Waals surface area contributed by atoms with Crippen molar-refractivity contribution in [2.45, 2.75) is 6.54 Å². The van der Waals surface area contributed by atoms with Crippen molar-refractivity contribution in [1.82, 2.24) is 29.4 Å². The third-order valence-corrected chi connectivity index (χ3v) is 3.61. The molecular formula is C15H18N6O. The number of rotatable bonds is 4. The number of nitrogens with zero attached hydrogens (tertiary/aromatic N) is 5. The van der Waals surface area contributed by atoms with Crippen molar-refractivity contribution in [3.05, 3.63) is 48.2 Å². The summed E-state index contributed by atoms with van der Waals surface area (Å²) in [6.07, 6.45) is 5.54. The Kier molecular flexibility index (Phi) is 3.54. The summed E-state index contributed by atoms with van der Waals surface area (Å²) in [5.41, 5.74) is 3.13. The average Bonchev–Trinajstić information content (AvgIpc) is 3.20. The molecule has 0 bridgehead atoms. The van der Waals surface area contributed by atoms with Gasteiger partial charge in [-0.1, -0.05) is 0 Å². The summed E-state index contributed by atoms with van der Waals surface area (Å²) < 4.78 is 3.70. The maximum Gasteiger partial charge on any atom is 0.271 e. The van der Waals surface area contributed by atoms with Gasteiger partial charge in [0.2, 0.25) is 0 Å². The zero-order chi connectivity index (χ0) is 15.7. The van der Waals surface area contributed by atoms with Gasteiger partial charge in [0.25, 0.3) is 5.91 Å². The number of H-pyrrole nitrogens is 1. The number of carbonyl (C=O) groups is 1. The van der Waals surface area contributed by atoms with Crippen LogP contribution in [-0.4, -0.2) is 42.4 Å². The highest BCUT2D eigenvalue weighted by molar-refractivity contribution is 5.93. The van der Waals surface area contributed by atoms with Gasteiger partial charge in [0, 0.05) is 44.8 Å². The minimum absolute atomic E-state index is 0.0937. The van der Waals surface area contributed by atoms with Crippen molar-refractivity contribution in [3.63, 3.8) is 0 Å². The van der Waals surface area contributed by atoms with Gasteiger partial charge in [-0.2, -0.15) is 10.2 Å². The first kappa shape index (κ1) is 14.1. The van der Waals surface area contributed by atoms with Gasteiger partial charge >= 0.3 is 0 Å². The number of amides is 1. The number of hydrogen-bond acceptors (Lipinski definition) is 3. The van der Waals surface area contributed by atoms with Crippen LogP contribution in [0, 0.1) is 0 Å². The molecule has 3 aromatic rings. The number of aryl methyl sites for hydroxylation is 2. The van der Waals surface area contributed by atoms with Crippen LogP contribution in [0.1, 0.15) is 16.2 Å². The monoisotopic (exact) mass is 298 g/mol. The zero-order valence-electron chi connectivity index (χ0n) is 12.8. The van der Waals surface area contributed by atoms with Crippen LogP contribution in [0.25, 0.3) is 11.3 Å². The highest BCUT2D eigenvalue weighted by Crippen LogP contribution is 2.17. The molecule has 3 heterocycles. The predicted molar refractivity (Wildman–Crippen MR) is 82.0 cm³/mol. The molecule has 0 aromatic carbocycles. The van der Waals surface area contributed by atoms with Crippen LogP contribution in [0.15, 0.2) is 36.8 Å². The molecule has 114 valence electrons. The van der Waals surface area contributed by atoms with Gasteiger partial charge in [0.15, 0.2) is 0 Å². The molecule has 0 atom stereocenters. The molecule has 0 aliphatic carbocycles. The van der Waals surface area contributed by atoms with Crippen molar-refractivity contribution in [3.8, 4) is 11.3 Å². The van der Waals surface area contributed by atoms with E-state index < -0.39 is 0 Å². The van der Waals surface area contributed by atoms with Crippen molar-refractivity contribution in [2.24, 2.45) is 14.1 Å². The maximum absolute atomic E-state index is 12.5. The molecule has 7 heteroatoms. The summed E-state index contributed by atoms with van der Waals surface area (Å²) in [6.45, 7) is 0.545. The van der Waals surface area contributed by atoms with E-state index in [9.17, 15) is 4.79 Å². The summed E-state index contributed by atoms with van der Waals surface area (Å²) in [7, 11) is 5.58. The molecule has 1 amide bonds. The first-order chi connectivity index (χ1) is 10.5. The van der Waals surface area contributed by atoms with Gasteiger partial charge in [0.1, 0.15) is 5.69 Å². The van der Waals surface area contributed by atoms with E-state index in [1.807, 2.05) is 43.2 Å². The predicted octanol–water partition coefficient (Wildman–Crippen LogP) is 1.42. The molecule has 0 aliphatic heterocycles. The van der Waals surface area contributed by atoms with Crippen molar-refractivity contribution in [1.29, 1.82) is 0 Å². The van der Waals surface area contributed by atoms with E-state index in [-0.39, 0.29) is 5.91 Å². The Morgan fingerprint density at radius 2 is 2.23 bits per heavy atom. The third-order valence-electron chi connectivity index (χ3n) is 3.61. The standard InChI is InChI=1S/C15H18N6O/c1-19-6-4-5-12(19)10-20(2)15(22)14-7-13(17-18-14)11-8-16-21(3)9-11/h4-9H,10H2,1-3H3,(H,17,18). The lowest BCUT2D eigenvalue weighted by molar-refractivity contribution is 0.0776. The van der Waals surface area contributed by atoms with E-state index in [4.69, 9.17) is 0 Å². The largest absolute Gasteiger partial charge is 0.353 e. The molecule has 0 unspecified atom stereocenters. The summed E-state index contributed by atoms with van der Waals surface area (Å²) in [4.78, 5) is 14.1. The lowest BCUT2D eigenvalue weighted by Gasteiger charge is -2.16. The first-order valence-electron chi connectivity index (χ1n) is 6.94. The smallest absolute Gasteiger partial charge is 0.271 e.